The first kappa shape index (κ1) is 22.1. The predicted molar refractivity (Wildman–Crippen MR) is 89.3 cm³/mol. The second-order valence-corrected chi connectivity index (χ2v) is 7.55. The van der Waals surface area contributed by atoms with Crippen molar-refractivity contribution < 1.29 is 26.3 Å². The summed E-state index contributed by atoms with van der Waals surface area (Å²) in [6, 6.07) is 2.54. The Labute approximate surface area is 147 Å². The second kappa shape index (κ2) is 10.2. The SMILES string of the molecule is CCCCCCCCCC[Si]c1ccc(C(F)(F)F)cc1C(F)(F)F. The van der Waals surface area contributed by atoms with Gasteiger partial charge in [-0.25, -0.2) is 0 Å². The molecule has 0 aliphatic heterocycles. The van der Waals surface area contributed by atoms with E-state index in [1.165, 1.54) is 25.7 Å². The molecule has 2 radical (unpaired) electrons. The molecule has 0 atom stereocenters. The zero-order chi connectivity index (χ0) is 18.9. The Bertz CT molecular complexity index is 507. The second-order valence-electron chi connectivity index (χ2n) is 6.16. The molecule has 1 aromatic rings. The highest BCUT2D eigenvalue weighted by Crippen LogP contribution is 2.34. The van der Waals surface area contributed by atoms with Crippen LogP contribution in [0, 0.1) is 0 Å². The molecule has 0 amide bonds. The number of benzene rings is 1. The van der Waals surface area contributed by atoms with Crippen LogP contribution >= 0.6 is 0 Å². The lowest BCUT2D eigenvalue weighted by molar-refractivity contribution is -0.142. The van der Waals surface area contributed by atoms with Crippen molar-refractivity contribution in [3.05, 3.63) is 29.3 Å². The first-order valence-corrected chi connectivity index (χ1v) is 9.89. The molecule has 0 fully saturated rings. The Morgan fingerprint density at radius 1 is 0.760 bits per heavy atom. The lowest BCUT2D eigenvalue weighted by atomic mass is 10.1. The maximum absolute atomic E-state index is 13.0. The van der Waals surface area contributed by atoms with Gasteiger partial charge in [-0.3, -0.25) is 0 Å². The summed E-state index contributed by atoms with van der Waals surface area (Å²) in [4.78, 5) is 0. The summed E-state index contributed by atoms with van der Waals surface area (Å²) < 4.78 is 77.0. The molecule has 0 aliphatic carbocycles. The van der Waals surface area contributed by atoms with Crippen molar-refractivity contribution in [1.82, 2.24) is 0 Å². The largest absolute Gasteiger partial charge is 0.416 e. The molecule has 0 saturated carbocycles. The summed E-state index contributed by atoms with van der Waals surface area (Å²) in [6.45, 7) is 2.15. The summed E-state index contributed by atoms with van der Waals surface area (Å²) >= 11 is 0. The Morgan fingerprint density at radius 2 is 1.32 bits per heavy atom. The van der Waals surface area contributed by atoms with E-state index < -0.39 is 23.5 Å². The summed E-state index contributed by atoms with van der Waals surface area (Å²) in [5.41, 5.74) is -2.40. The molecule has 0 unspecified atom stereocenters. The fourth-order valence-corrected chi connectivity index (χ4v) is 3.89. The van der Waals surface area contributed by atoms with Gasteiger partial charge in [-0.05, 0) is 6.07 Å². The first-order valence-electron chi connectivity index (χ1n) is 8.68. The fraction of sp³-hybridized carbons (Fsp3) is 0.667. The van der Waals surface area contributed by atoms with Gasteiger partial charge in [-0.2, -0.15) is 26.3 Å². The van der Waals surface area contributed by atoms with E-state index in [9.17, 15) is 26.3 Å². The Morgan fingerprint density at radius 3 is 1.84 bits per heavy atom. The van der Waals surface area contributed by atoms with E-state index in [0.717, 1.165) is 37.8 Å². The number of hydrogen-bond donors (Lipinski definition) is 0. The molecular weight excluding hydrogens is 358 g/mol. The highest BCUT2D eigenvalue weighted by atomic mass is 28.2. The average molecular weight is 382 g/mol. The third-order valence-corrected chi connectivity index (χ3v) is 5.42. The molecule has 0 aliphatic rings. The molecule has 1 rings (SSSR count). The van der Waals surface area contributed by atoms with Gasteiger partial charge in [0.15, 0.2) is 0 Å². The minimum absolute atomic E-state index is 0.0246. The van der Waals surface area contributed by atoms with Crippen LogP contribution in [-0.2, 0) is 12.4 Å². The molecule has 0 N–H and O–H groups in total. The van der Waals surface area contributed by atoms with Gasteiger partial charge >= 0.3 is 12.4 Å². The van der Waals surface area contributed by atoms with Gasteiger partial charge in [0.05, 0.1) is 20.6 Å². The van der Waals surface area contributed by atoms with Crippen molar-refractivity contribution >= 4 is 14.7 Å². The van der Waals surface area contributed by atoms with Gasteiger partial charge in [0.25, 0.3) is 0 Å². The maximum Gasteiger partial charge on any atom is 0.416 e. The minimum atomic E-state index is -4.76. The third kappa shape index (κ3) is 8.29. The summed E-state index contributed by atoms with van der Waals surface area (Å²) in [5, 5.41) is -0.0246. The Hall–Kier alpha value is -0.983. The molecule has 0 heterocycles. The van der Waals surface area contributed by atoms with Crippen LogP contribution in [0.4, 0.5) is 26.3 Å². The lowest BCUT2D eigenvalue weighted by Gasteiger charge is -2.15. The van der Waals surface area contributed by atoms with Gasteiger partial charge < -0.3 is 0 Å². The Kier molecular flexibility index (Phi) is 9.03. The smallest absolute Gasteiger partial charge is 0.166 e. The molecule has 7 heteroatoms. The van der Waals surface area contributed by atoms with Gasteiger partial charge in [-0.1, -0.05) is 81.7 Å². The van der Waals surface area contributed by atoms with Crippen LogP contribution in [0.15, 0.2) is 18.2 Å². The van der Waals surface area contributed by atoms with Crippen LogP contribution in [-0.4, -0.2) is 9.52 Å². The fourth-order valence-electron chi connectivity index (χ4n) is 2.59. The van der Waals surface area contributed by atoms with E-state index in [-0.39, 0.29) is 20.8 Å². The summed E-state index contributed by atoms with van der Waals surface area (Å²) in [7, 11) is -0.119. The molecule has 0 nitrogen and oxygen atoms in total. The molecule has 142 valence electrons. The number of rotatable bonds is 10. The predicted octanol–water partition coefficient (Wildman–Crippen LogP) is 6.61. The monoisotopic (exact) mass is 382 g/mol. The van der Waals surface area contributed by atoms with E-state index in [0.29, 0.717) is 6.04 Å². The third-order valence-electron chi connectivity index (χ3n) is 4.00. The van der Waals surface area contributed by atoms with Crippen molar-refractivity contribution in [3.63, 3.8) is 0 Å². The molecule has 1 aromatic carbocycles. The zero-order valence-corrected chi connectivity index (χ0v) is 15.4. The van der Waals surface area contributed by atoms with E-state index in [1.807, 2.05) is 0 Å². The maximum atomic E-state index is 13.0. The zero-order valence-electron chi connectivity index (χ0n) is 14.4. The molecule has 0 aromatic heterocycles. The lowest BCUT2D eigenvalue weighted by Crippen LogP contribution is -2.26. The van der Waals surface area contributed by atoms with Gasteiger partial charge in [0.2, 0.25) is 0 Å². The van der Waals surface area contributed by atoms with E-state index in [2.05, 4.69) is 6.92 Å². The van der Waals surface area contributed by atoms with E-state index in [1.54, 1.807) is 0 Å². The van der Waals surface area contributed by atoms with Crippen LogP contribution in [0.2, 0.25) is 6.04 Å². The van der Waals surface area contributed by atoms with Crippen LogP contribution < -0.4 is 5.19 Å². The number of unbranched alkanes of at least 4 members (excludes halogenated alkanes) is 7. The summed E-state index contributed by atoms with van der Waals surface area (Å²) in [5.74, 6) is 0. The van der Waals surface area contributed by atoms with Crippen LogP contribution in [0.5, 0.6) is 0 Å². The van der Waals surface area contributed by atoms with Gasteiger partial charge in [0.1, 0.15) is 0 Å². The van der Waals surface area contributed by atoms with Crippen molar-refractivity contribution in [3.8, 4) is 0 Å². The standard InChI is InChI=1S/C18H24F6Si/c1-2-3-4-5-6-7-8-9-12-25-16-11-10-14(17(19,20)21)13-15(16)18(22,23)24/h10-11,13H,2-9,12H2,1H3. The number of alkyl halides is 6. The Balaban J connectivity index is 2.50. The van der Waals surface area contributed by atoms with Crippen LogP contribution in [0.1, 0.15) is 69.4 Å². The number of halogens is 6. The molecule has 0 saturated heterocycles. The van der Waals surface area contributed by atoms with Crippen molar-refractivity contribution in [2.24, 2.45) is 0 Å². The molecule has 0 bridgehead atoms. The average Bonchev–Trinajstić information content (AvgIpc) is 2.51. The van der Waals surface area contributed by atoms with Crippen LogP contribution in [0.25, 0.3) is 0 Å². The van der Waals surface area contributed by atoms with Crippen LogP contribution in [0.3, 0.4) is 0 Å². The highest BCUT2D eigenvalue weighted by molar-refractivity contribution is 6.54. The first-order chi connectivity index (χ1) is 11.7. The highest BCUT2D eigenvalue weighted by Gasteiger charge is 2.37. The minimum Gasteiger partial charge on any atom is -0.166 e. The van der Waals surface area contributed by atoms with Crippen molar-refractivity contribution in [1.29, 1.82) is 0 Å². The van der Waals surface area contributed by atoms with E-state index >= 15 is 0 Å². The molecule has 0 spiro atoms. The molecular formula is C18H24F6Si. The van der Waals surface area contributed by atoms with Crippen molar-refractivity contribution in [2.75, 3.05) is 0 Å². The van der Waals surface area contributed by atoms with Gasteiger partial charge in [-0.15, -0.1) is 0 Å². The number of hydrogen-bond acceptors (Lipinski definition) is 0. The van der Waals surface area contributed by atoms with E-state index in [4.69, 9.17) is 0 Å². The topological polar surface area (TPSA) is 0 Å². The van der Waals surface area contributed by atoms with Crippen molar-refractivity contribution in [2.45, 2.75) is 76.7 Å². The quantitative estimate of drug-likeness (QED) is 0.243. The normalized spacial score (nSPS) is 12.6. The summed E-state index contributed by atoms with van der Waals surface area (Å²) in [6.07, 6.45) is -0.726. The van der Waals surface area contributed by atoms with Gasteiger partial charge in [0, 0.05) is 0 Å². The molecule has 25 heavy (non-hydrogen) atoms.